The van der Waals surface area contributed by atoms with E-state index in [1.807, 2.05) is 11.8 Å². The number of carbonyl (C=O) groups is 1. The molecule has 8 nitrogen and oxygen atoms in total. The summed E-state index contributed by atoms with van der Waals surface area (Å²) in [5.41, 5.74) is 0.629. The number of anilines is 1. The first-order valence-corrected chi connectivity index (χ1v) is 10.7. The van der Waals surface area contributed by atoms with Crippen LogP contribution in [-0.2, 0) is 11.3 Å². The maximum Gasteiger partial charge on any atom is 0.258 e. The molecule has 1 heterocycles. The van der Waals surface area contributed by atoms with Crippen LogP contribution in [0.2, 0.25) is 10.0 Å². The number of carbonyl (C=O) groups excluding carboxylic acids is 1. The third-order valence-electron chi connectivity index (χ3n) is 4.74. The second kappa shape index (κ2) is 10.7. The first kappa shape index (κ1) is 23.8. The van der Waals surface area contributed by atoms with E-state index in [0.29, 0.717) is 50.5 Å². The van der Waals surface area contributed by atoms with Crippen LogP contribution in [0.3, 0.4) is 0 Å². The van der Waals surface area contributed by atoms with E-state index >= 15 is 0 Å². The lowest BCUT2D eigenvalue weighted by Crippen LogP contribution is -2.34. The van der Waals surface area contributed by atoms with Gasteiger partial charge in [-0.25, -0.2) is 4.98 Å². The number of fused-ring (bicyclic) bond motifs is 1. The maximum atomic E-state index is 12.6. The van der Waals surface area contributed by atoms with E-state index in [2.05, 4.69) is 15.3 Å². The number of aromatic nitrogens is 2. The van der Waals surface area contributed by atoms with Crippen molar-refractivity contribution < 1.29 is 14.3 Å². The molecule has 0 atom stereocenters. The monoisotopic (exact) mass is 478 g/mol. The Bertz CT molecular complexity index is 1180. The number of aromatic amines is 1. The molecule has 3 aromatic rings. The standard InChI is InChI=1S/C22H24Cl2N4O4/c1-4-7-28(12-21(29)26-17-8-13(23)5-6-15(17)24)11-20-25-16-10-19(32-3)18(31-2)9-14(16)22(30)27-20/h5-6,8-10H,4,7,11-12H2,1-3H3,(H,26,29)(H,25,27,30). The predicted octanol–water partition coefficient (Wildman–Crippen LogP) is 4.10. The van der Waals surface area contributed by atoms with Gasteiger partial charge in [-0.1, -0.05) is 30.1 Å². The highest BCUT2D eigenvalue weighted by atomic mass is 35.5. The second-order valence-electron chi connectivity index (χ2n) is 7.12. The summed E-state index contributed by atoms with van der Waals surface area (Å²) in [5, 5.41) is 4.04. The van der Waals surface area contributed by atoms with Crippen LogP contribution < -0.4 is 20.3 Å². The summed E-state index contributed by atoms with van der Waals surface area (Å²) in [6.45, 7) is 3.01. The highest BCUT2D eigenvalue weighted by Gasteiger charge is 2.16. The van der Waals surface area contributed by atoms with Crippen molar-refractivity contribution >= 4 is 45.7 Å². The zero-order chi connectivity index (χ0) is 23.3. The summed E-state index contributed by atoms with van der Waals surface area (Å²) < 4.78 is 10.6. The molecule has 1 amide bonds. The van der Waals surface area contributed by atoms with Gasteiger partial charge in [-0.3, -0.25) is 14.5 Å². The van der Waals surface area contributed by atoms with Gasteiger partial charge in [-0.15, -0.1) is 0 Å². The molecule has 0 fully saturated rings. The van der Waals surface area contributed by atoms with Gasteiger partial charge in [0, 0.05) is 11.1 Å². The molecule has 0 aliphatic heterocycles. The smallest absolute Gasteiger partial charge is 0.258 e. The normalized spacial score (nSPS) is 11.1. The van der Waals surface area contributed by atoms with Gasteiger partial charge in [0.2, 0.25) is 5.91 Å². The Balaban J connectivity index is 1.81. The minimum atomic E-state index is -0.294. The first-order chi connectivity index (χ1) is 15.3. The molecule has 0 aliphatic carbocycles. The summed E-state index contributed by atoms with van der Waals surface area (Å²) in [6.07, 6.45) is 0.814. The Hall–Kier alpha value is -2.81. The Morgan fingerprint density at radius 2 is 1.88 bits per heavy atom. The Labute approximate surface area is 195 Å². The Morgan fingerprint density at radius 1 is 1.16 bits per heavy atom. The fourth-order valence-corrected chi connectivity index (χ4v) is 3.65. The van der Waals surface area contributed by atoms with E-state index in [1.54, 1.807) is 30.3 Å². The van der Waals surface area contributed by atoms with Crippen molar-refractivity contribution in [1.29, 1.82) is 0 Å². The summed E-state index contributed by atoms with van der Waals surface area (Å²) >= 11 is 12.1. The van der Waals surface area contributed by atoms with Gasteiger partial charge in [0.25, 0.3) is 5.56 Å². The number of hydrogen-bond acceptors (Lipinski definition) is 6. The van der Waals surface area contributed by atoms with E-state index in [1.165, 1.54) is 14.2 Å². The summed E-state index contributed by atoms with van der Waals surface area (Å²) in [5.74, 6) is 1.12. The maximum absolute atomic E-state index is 12.6. The van der Waals surface area contributed by atoms with Crippen LogP contribution in [0.4, 0.5) is 5.69 Å². The number of methoxy groups -OCH3 is 2. The van der Waals surface area contributed by atoms with E-state index < -0.39 is 0 Å². The fourth-order valence-electron chi connectivity index (χ4n) is 3.32. The van der Waals surface area contributed by atoms with Crippen LogP contribution in [-0.4, -0.2) is 48.1 Å². The molecule has 170 valence electrons. The molecule has 10 heteroatoms. The van der Waals surface area contributed by atoms with Gasteiger partial charge < -0.3 is 19.8 Å². The number of nitrogens with zero attached hydrogens (tertiary/aromatic N) is 2. The van der Waals surface area contributed by atoms with E-state index in [4.69, 9.17) is 32.7 Å². The molecule has 0 bridgehead atoms. The number of benzene rings is 2. The fraction of sp³-hybridized carbons (Fsp3) is 0.318. The molecular formula is C22H24Cl2N4O4. The molecule has 2 aromatic carbocycles. The van der Waals surface area contributed by atoms with Gasteiger partial charge in [0.15, 0.2) is 11.5 Å². The van der Waals surface area contributed by atoms with Crippen molar-refractivity contribution in [2.45, 2.75) is 19.9 Å². The third kappa shape index (κ3) is 5.70. The van der Waals surface area contributed by atoms with Gasteiger partial charge in [-0.2, -0.15) is 0 Å². The molecule has 1 aromatic heterocycles. The van der Waals surface area contributed by atoms with Crippen LogP contribution in [0.5, 0.6) is 11.5 Å². The largest absolute Gasteiger partial charge is 0.493 e. The highest BCUT2D eigenvalue weighted by molar-refractivity contribution is 6.35. The number of rotatable bonds is 9. The van der Waals surface area contributed by atoms with Crippen molar-refractivity contribution in [3.63, 3.8) is 0 Å². The average Bonchev–Trinajstić information content (AvgIpc) is 2.75. The molecule has 0 spiro atoms. The molecule has 2 N–H and O–H groups in total. The molecule has 0 aliphatic rings. The minimum Gasteiger partial charge on any atom is -0.493 e. The summed E-state index contributed by atoms with van der Waals surface area (Å²) in [6, 6.07) is 8.11. The summed E-state index contributed by atoms with van der Waals surface area (Å²) in [7, 11) is 3.02. The van der Waals surface area contributed by atoms with Crippen LogP contribution >= 0.6 is 23.2 Å². The van der Waals surface area contributed by atoms with Gasteiger partial charge >= 0.3 is 0 Å². The topological polar surface area (TPSA) is 96.6 Å². The summed E-state index contributed by atoms with van der Waals surface area (Å²) in [4.78, 5) is 34.5. The lowest BCUT2D eigenvalue weighted by Gasteiger charge is -2.21. The lowest BCUT2D eigenvalue weighted by atomic mass is 10.2. The second-order valence-corrected chi connectivity index (χ2v) is 7.96. The molecule has 0 saturated heterocycles. The van der Waals surface area contributed by atoms with E-state index in [0.717, 1.165) is 6.42 Å². The number of amides is 1. The van der Waals surface area contributed by atoms with Crippen LogP contribution in [0.1, 0.15) is 19.2 Å². The lowest BCUT2D eigenvalue weighted by molar-refractivity contribution is -0.117. The van der Waals surface area contributed by atoms with Crippen molar-refractivity contribution in [3.05, 3.63) is 56.6 Å². The van der Waals surface area contributed by atoms with E-state index in [9.17, 15) is 9.59 Å². The average molecular weight is 479 g/mol. The minimum absolute atomic E-state index is 0.0877. The number of nitrogens with one attached hydrogen (secondary N) is 2. The molecule has 3 rings (SSSR count). The molecule has 0 saturated carbocycles. The first-order valence-electron chi connectivity index (χ1n) is 9.96. The van der Waals surface area contributed by atoms with Crippen molar-refractivity contribution in [2.24, 2.45) is 0 Å². The Morgan fingerprint density at radius 3 is 2.56 bits per heavy atom. The predicted molar refractivity (Wildman–Crippen MR) is 126 cm³/mol. The van der Waals surface area contributed by atoms with Gasteiger partial charge in [-0.05, 0) is 37.2 Å². The number of ether oxygens (including phenoxy) is 2. The van der Waals surface area contributed by atoms with Crippen LogP contribution in [0.15, 0.2) is 35.1 Å². The third-order valence-corrected chi connectivity index (χ3v) is 5.31. The number of halogens is 2. The van der Waals surface area contributed by atoms with Gasteiger partial charge in [0.1, 0.15) is 5.82 Å². The molecule has 32 heavy (non-hydrogen) atoms. The highest BCUT2D eigenvalue weighted by Crippen LogP contribution is 2.30. The van der Waals surface area contributed by atoms with Crippen LogP contribution in [0, 0.1) is 0 Å². The van der Waals surface area contributed by atoms with E-state index in [-0.39, 0.29) is 24.6 Å². The van der Waals surface area contributed by atoms with Crippen molar-refractivity contribution in [2.75, 3.05) is 32.6 Å². The number of H-pyrrole nitrogens is 1. The SMILES string of the molecule is CCCN(CC(=O)Nc1cc(Cl)ccc1Cl)Cc1nc2cc(OC)c(OC)cc2c(=O)[nH]1. The zero-order valence-corrected chi connectivity index (χ0v) is 19.5. The van der Waals surface area contributed by atoms with Gasteiger partial charge in [0.05, 0.1) is 48.9 Å². The zero-order valence-electron chi connectivity index (χ0n) is 18.0. The molecule has 0 unspecified atom stereocenters. The molecule has 0 radical (unpaired) electrons. The number of hydrogen-bond donors (Lipinski definition) is 2. The van der Waals surface area contributed by atoms with Crippen molar-refractivity contribution in [3.8, 4) is 11.5 Å². The Kier molecular flexibility index (Phi) is 7.95. The quantitative estimate of drug-likeness (QED) is 0.480. The van der Waals surface area contributed by atoms with Crippen molar-refractivity contribution in [1.82, 2.24) is 14.9 Å². The molecular weight excluding hydrogens is 455 g/mol. The van der Waals surface area contributed by atoms with Crippen LogP contribution in [0.25, 0.3) is 10.9 Å².